The SMILES string of the molecule is O=C(/C=C/C=C(c1ccc(C(F)(F)F)cc1)c1ccc(C(F)(F)F)cc1)Nc1cccc2[nH]ncc12. The van der Waals surface area contributed by atoms with Gasteiger partial charge in [-0.15, -0.1) is 0 Å². The second-order valence-electron chi connectivity index (χ2n) is 7.72. The average molecular weight is 501 g/mol. The van der Waals surface area contributed by atoms with Crippen molar-refractivity contribution in [3.05, 3.63) is 113 Å². The lowest BCUT2D eigenvalue weighted by atomic mass is 9.95. The van der Waals surface area contributed by atoms with E-state index in [4.69, 9.17) is 0 Å². The first kappa shape index (κ1) is 24.8. The number of aromatic nitrogens is 2. The molecule has 0 aliphatic rings. The van der Waals surface area contributed by atoms with Gasteiger partial charge < -0.3 is 5.32 Å². The molecule has 1 aromatic heterocycles. The van der Waals surface area contributed by atoms with E-state index in [0.717, 1.165) is 29.8 Å². The molecule has 1 amide bonds. The first-order valence-corrected chi connectivity index (χ1v) is 10.5. The molecular weight excluding hydrogens is 484 g/mol. The van der Waals surface area contributed by atoms with Gasteiger partial charge in [0.15, 0.2) is 0 Å². The van der Waals surface area contributed by atoms with Gasteiger partial charge in [-0.2, -0.15) is 31.4 Å². The molecule has 0 atom stereocenters. The van der Waals surface area contributed by atoms with Gasteiger partial charge in [0.25, 0.3) is 0 Å². The molecule has 2 N–H and O–H groups in total. The van der Waals surface area contributed by atoms with Crippen LogP contribution in [-0.2, 0) is 17.1 Å². The second kappa shape index (κ2) is 9.73. The summed E-state index contributed by atoms with van der Waals surface area (Å²) < 4.78 is 77.8. The summed E-state index contributed by atoms with van der Waals surface area (Å²) >= 11 is 0. The highest BCUT2D eigenvalue weighted by Crippen LogP contribution is 2.33. The van der Waals surface area contributed by atoms with Gasteiger partial charge in [0, 0.05) is 11.5 Å². The van der Waals surface area contributed by atoms with Crippen LogP contribution in [0.5, 0.6) is 0 Å². The summed E-state index contributed by atoms with van der Waals surface area (Å²) in [5, 5.41) is 10.1. The van der Waals surface area contributed by atoms with Crippen LogP contribution in [0.2, 0.25) is 0 Å². The Morgan fingerprint density at radius 1 is 0.806 bits per heavy atom. The first-order chi connectivity index (χ1) is 17.0. The van der Waals surface area contributed by atoms with Crippen molar-refractivity contribution in [2.24, 2.45) is 0 Å². The van der Waals surface area contributed by atoms with Crippen LogP contribution in [0.4, 0.5) is 32.0 Å². The minimum absolute atomic E-state index is 0.330. The number of carbonyl (C=O) groups is 1. The number of hydrogen-bond donors (Lipinski definition) is 2. The maximum absolute atomic E-state index is 13.0. The number of aromatic amines is 1. The van der Waals surface area contributed by atoms with Crippen molar-refractivity contribution in [1.82, 2.24) is 10.2 Å². The quantitative estimate of drug-likeness (QED) is 0.172. The Morgan fingerprint density at radius 3 is 1.89 bits per heavy atom. The zero-order valence-corrected chi connectivity index (χ0v) is 18.3. The fraction of sp³-hybridized carbons (Fsp3) is 0.0769. The van der Waals surface area contributed by atoms with E-state index in [1.165, 1.54) is 42.5 Å². The van der Waals surface area contributed by atoms with Gasteiger partial charge in [0.05, 0.1) is 28.5 Å². The van der Waals surface area contributed by atoms with Crippen molar-refractivity contribution >= 4 is 28.1 Å². The number of alkyl halides is 6. The minimum Gasteiger partial charge on any atom is -0.322 e. The highest BCUT2D eigenvalue weighted by molar-refractivity contribution is 6.05. The largest absolute Gasteiger partial charge is 0.416 e. The Hall–Kier alpha value is -4.34. The van der Waals surface area contributed by atoms with Gasteiger partial charge in [0.2, 0.25) is 5.91 Å². The number of nitrogens with one attached hydrogen (secondary N) is 2. The third-order valence-corrected chi connectivity index (χ3v) is 5.30. The lowest BCUT2D eigenvalue weighted by Crippen LogP contribution is -2.07. The predicted octanol–water partition coefficient (Wildman–Crippen LogP) is 7.23. The summed E-state index contributed by atoms with van der Waals surface area (Å²) in [4.78, 5) is 12.4. The van der Waals surface area contributed by atoms with Crippen LogP contribution in [0.3, 0.4) is 0 Å². The van der Waals surface area contributed by atoms with Crippen molar-refractivity contribution in [2.45, 2.75) is 12.4 Å². The molecule has 4 nitrogen and oxygen atoms in total. The second-order valence-corrected chi connectivity index (χ2v) is 7.72. The third-order valence-electron chi connectivity index (χ3n) is 5.30. The summed E-state index contributed by atoms with van der Waals surface area (Å²) in [7, 11) is 0. The molecule has 4 aromatic rings. The molecule has 4 rings (SSSR count). The van der Waals surface area contributed by atoms with Crippen LogP contribution in [0, 0.1) is 0 Å². The van der Waals surface area contributed by atoms with Gasteiger partial charge in [-0.3, -0.25) is 9.89 Å². The summed E-state index contributed by atoms with van der Waals surface area (Å²) in [5.41, 5.74) is 0.516. The maximum atomic E-state index is 13.0. The number of nitrogens with zero attached hydrogens (tertiary/aromatic N) is 1. The molecule has 1 heterocycles. The molecular formula is C26H17F6N3O. The van der Waals surface area contributed by atoms with Crippen molar-refractivity contribution in [1.29, 1.82) is 0 Å². The number of carbonyl (C=O) groups excluding carboxylic acids is 1. The number of rotatable bonds is 5. The van der Waals surface area contributed by atoms with E-state index >= 15 is 0 Å². The lowest BCUT2D eigenvalue weighted by Gasteiger charge is -2.12. The van der Waals surface area contributed by atoms with Gasteiger partial charge in [0.1, 0.15) is 0 Å². The molecule has 10 heteroatoms. The number of H-pyrrole nitrogens is 1. The van der Waals surface area contributed by atoms with Gasteiger partial charge in [-0.25, -0.2) is 0 Å². The van der Waals surface area contributed by atoms with Crippen molar-refractivity contribution < 1.29 is 31.1 Å². The molecule has 3 aromatic carbocycles. The molecule has 0 aliphatic carbocycles. The molecule has 0 unspecified atom stereocenters. The normalized spacial score (nSPS) is 12.2. The van der Waals surface area contributed by atoms with Gasteiger partial charge in [-0.1, -0.05) is 42.5 Å². The summed E-state index contributed by atoms with van der Waals surface area (Å²) in [6.45, 7) is 0. The zero-order valence-electron chi connectivity index (χ0n) is 18.3. The molecule has 184 valence electrons. The first-order valence-electron chi connectivity index (χ1n) is 10.5. The molecule has 0 saturated carbocycles. The number of anilines is 1. The molecule has 0 saturated heterocycles. The van der Waals surface area contributed by atoms with Crippen LogP contribution in [-0.4, -0.2) is 16.1 Å². The van der Waals surface area contributed by atoms with E-state index in [0.29, 0.717) is 27.8 Å². The molecule has 0 bridgehead atoms. The maximum Gasteiger partial charge on any atom is 0.416 e. The Balaban J connectivity index is 1.63. The van der Waals surface area contributed by atoms with E-state index < -0.39 is 29.4 Å². The van der Waals surface area contributed by atoms with Crippen LogP contribution in [0.1, 0.15) is 22.3 Å². The van der Waals surface area contributed by atoms with Crippen LogP contribution in [0.25, 0.3) is 16.5 Å². The monoisotopic (exact) mass is 501 g/mol. The molecule has 0 aliphatic heterocycles. The highest BCUT2D eigenvalue weighted by atomic mass is 19.4. The molecule has 0 spiro atoms. The van der Waals surface area contributed by atoms with Crippen LogP contribution < -0.4 is 5.32 Å². The van der Waals surface area contributed by atoms with E-state index in [1.54, 1.807) is 24.4 Å². The molecule has 0 fully saturated rings. The van der Waals surface area contributed by atoms with E-state index in [2.05, 4.69) is 15.5 Å². The standard InChI is InChI=1S/C26H17F6N3O/c27-25(28,29)18-11-7-16(8-12-18)20(17-9-13-19(14-10-17)26(30,31)32)3-1-6-24(36)34-22-4-2-5-23-21(22)15-33-35-23/h1-15H,(H,33,35)(H,34,36)/b6-1+. The lowest BCUT2D eigenvalue weighted by molar-refractivity contribution is -0.138. The fourth-order valence-corrected chi connectivity index (χ4v) is 3.52. The minimum atomic E-state index is -4.54. The zero-order chi connectivity index (χ0) is 25.9. The fourth-order valence-electron chi connectivity index (χ4n) is 3.52. The Bertz CT molecular complexity index is 1370. The number of fused-ring (bicyclic) bond motifs is 1. The van der Waals surface area contributed by atoms with Crippen LogP contribution >= 0.6 is 0 Å². The smallest absolute Gasteiger partial charge is 0.322 e. The number of allylic oxidation sites excluding steroid dienone is 2. The third kappa shape index (κ3) is 5.65. The average Bonchev–Trinajstić information content (AvgIpc) is 3.31. The summed E-state index contributed by atoms with van der Waals surface area (Å²) in [5.74, 6) is -0.487. The van der Waals surface area contributed by atoms with Gasteiger partial charge >= 0.3 is 12.4 Å². The van der Waals surface area contributed by atoms with Crippen molar-refractivity contribution in [3.63, 3.8) is 0 Å². The Labute approximate surface area is 201 Å². The number of amides is 1. The van der Waals surface area contributed by atoms with E-state index in [9.17, 15) is 31.1 Å². The summed E-state index contributed by atoms with van der Waals surface area (Å²) in [6, 6.07) is 13.6. The van der Waals surface area contributed by atoms with E-state index in [-0.39, 0.29) is 0 Å². The van der Waals surface area contributed by atoms with Crippen molar-refractivity contribution in [3.8, 4) is 0 Å². The van der Waals surface area contributed by atoms with Crippen molar-refractivity contribution in [2.75, 3.05) is 5.32 Å². The topological polar surface area (TPSA) is 57.8 Å². The van der Waals surface area contributed by atoms with E-state index in [1.807, 2.05) is 0 Å². The summed E-state index contributed by atoms with van der Waals surface area (Å²) in [6.07, 6.45) is -3.49. The molecule has 0 radical (unpaired) electrons. The molecule has 36 heavy (non-hydrogen) atoms. The van der Waals surface area contributed by atoms with Crippen LogP contribution in [0.15, 0.2) is 91.2 Å². The van der Waals surface area contributed by atoms with Gasteiger partial charge in [-0.05, 0) is 53.1 Å². The number of hydrogen-bond acceptors (Lipinski definition) is 2. The number of benzene rings is 3. The number of halogens is 6. The Kier molecular flexibility index (Phi) is 6.69. The predicted molar refractivity (Wildman–Crippen MR) is 124 cm³/mol. The highest BCUT2D eigenvalue weighted by Gasteiger charge is 2.31. The Morgan fingerprint density at radius 2 is 1.36 bits per heavy atom.